The summed E-state index contributed by atoms with van der Waals surface area (Å²) in [4.78, 5) is 102. The first-order chi connectivity index (χ1) is 18.6. The Balaban J connectivity index is 1.20. The summed E-state index contributed by atoms with van der Waals surface area (Å²) in [5.41, 5.74) is 0.548. The third kappa shape index (κ3) is 3.80. The highest BCUT2D eigenvalue weighted by atomic mass is 31.1. The van der Waals surface area contributed by atoms with Gasteiger partial charge in [-0.3, -0.25) is 58.0 Å². The maximum atomic E-state index is 13.0. The largest absolute Gasteiger partial charge is 0.269 e. The molecular weight excluding hydrogens is 527 g/mol. The molecule has 0 radical (unpaired) electrons. The monoisotopic (exact) mass is 542 g/mol. The number of amides is 8. The molecule has 13 heteroatoms. The number of benzene rings is 2. The van der Waals surface area contributed by atoms with Crippen LogP contribution in [0.4, 0.5) is 0 Å². The van der Waals surface area contributed by atoms with Crippen LogP contribution in [0, 0.1) is 0 Å². The van der Waals surface area contributed by atoms with Crippen molar-refractivity contribution in [1.82, 2.24) is 19.6 Å². The van der Waals surface area contributed by atoms with Crippen molar-refractivity contribution in [2.24, 2.45) is 0 Å². The van der Waals surface area contributed by atoms with Crippen molar-refractivity contribution in [2.75, 3.05) is 13.3 Å². The molecular formula is C26H15N4O8P. The molecule has 0 aromatic heterocycles. The molecule has 0 fully saturated rings. The Bertz CT molecular complexity index is 1520. The van der Waals surface area contributed by atoms with Crippen LogP contribution in [0.5, 0.6) is 0 Å². The summed E-state index contributed by atoms with van der Waals surface area (Å²) in [5.74, 6) is -4.97. The topological polar surface area (TPSA) is 150 Å². The molecule has 0 unspecified atom stereocenters. The van der Waals surface area contributed by atoms with Crippen molar-refractivity contribution in [3.05, 3.63) is 83.0 Å². The van der Waals surface area contributed by atoms with Crippen LogP contribution < -0.4 is 10.6 Å². The average molecular weight is 542 g/mol. The molecule has 0 N–H and O–H groups in total. The number of nitrogens with zero attached hydrogens (tertiary/aromatic N) is 4. The molecule has 6 rings (SSSR count). The quantitative estimate of drug-likeness (QED) is 0.343. The van der Waals surface area contributed by atoms with Crippen LogP contribution in [0.3, 0.4) is 0 Å². The normalized spacial score (nSPS) is 18.1. The zero-order valence-corrected chi connectivity index (χ0v) is 20.7. The zero-order valence-electron chi connectivity index (χ0n) is 19.7. The van der Waals surface area contributed by atoms with Crippen LogP contribution in [-0.2, 0) is 19.2 Å². The Morgan fingerprint density at radius 1 is 0.436 bits per heavy atom. The predicted octanol–water partition coefficient (Wildman–Crippen LogP) is -0.727. The summed E-state index contributed by atoms with van der Waals surface area (Å²) in [7, 11) is -0.0535. The number of hydrogen-bond acceptors (Lipinski definition) is 8. The van der Waals surface area contributed by atoms with Crippen LogP contribution in [-0.4, -0.2) is 80.2 Å². The summed E-state index contributed by atoms with van der Waals surface area (Å²) >= 11 is 0. The predicted molar refractivity (Wildman–Crippen MR) is 133 cm³/mol. The van der Waals surface area contributed by atoms with Crippen LogP contribution in [0.25, 0.3) is 0 Å². The van der Waals surface area contributed by atoms with Crippen molar-refractivity contribution in [2.45, 2.75) is 0 Å². The first kappa shape index (κ1) is 24.3. The number of carbonyl (C=O) groups is 8. The van der Waals surface area contributed by atoms with Crippen LogP contribution in [0.2, 0.25) is 0 Å². The summed E-state index contributed by atoms with van der Waals surface area (Å²) in [5, 5.41) is 1.33. The van der Waals surface area contributed by atoms with Gasteiger partial charge in [-0.1, -0.05) is 20.7 Å². The fourth-order valence-electron chi connectivity index (χ4n) is 4.58. The number of imide groups is 4. The highest BCUT2D eigenvalue weighted by Gasteiger charge is 2.40. The van der Waals surface area contributed by atoms with E-state index in [4.69, 9.17) is 0 Å². The average Bonchev–Trinajstić information content (AvgIpc) is 3.56. The van der Waals surface area contributed by atoms with Gasteiger partial charge in [0.2, 0.25) is 0 Å². The van der Waals surface area contributed by atoms with Gasteiger partial charge in [0.15, 0.2) is 0 Å². The zero-order chi connectivity index (χ0) is 27.6. The fraction of sp³-hybridized carbons (Fsp3) is 0.0769. The molecule has 2 aromatic carbocycles. The molecule has 4 heterocycles. The van der Waals surface area contributed by atoms with Crippen LogP contribution in [0.15, 0.2) is 60.7 Å². The van der Waals surface area contributed by atoms with Crippen molar-refractivity contribution in [3.8, 4) is 0 Å². The lowest BCUT2D eigenvalue weighted by molar-refractivity contribution is -0.139. The highest BCUT2D eigenvalue weighted by molar-refractivity contribution is 7.55. The van der Waals surface area contributed by atoms with Crippen molar-refractivity contribution < 1.29 is 38.4 Å². The van der Waals surface area contributed by atoms with E-state index >= 15 is 0 Å². The van der Waals surface area contributed by atoms with Crippen LogP contribution in [0.1, 0.15) is 41.4 Å². The van der Waals surface area contributed by atoms with E-state index in [1.165, 1.54) is 12.1 Å². The van der Waals surface area contributed by atoms with Gasteiger partial charge in [-0.25, -0.2) is 0 Å². The molecule has 0 spiro atoms. The standard InChI is InChI=1S/C26H15N4O8P/c31-19-5-6-20(32)27(19)11-29-23(35)15-3-1-13(9-17(15)25(29)37)39-14-2-4-16-18(10-14)26(38)30(24(16)36)12-28-21(33)7-8-22(28)34/h1-10,39H,11-12H2. The first-order valence-corrected chi connectivity index (χ1v) is 12.5. The molecule has 192 valence electrons. The molecule has 4 aliphatic rings. The summed E-state index contributed by atoms with van der Waals surface area (Å²) in [6.45, 7) is -0.979. The Kier molecular flexibility index (Phi) is 5.44. The maximum Gasteiger partial charge on any atom is 0.263 e. The van der Waals surface area contributed by atoms with Gasteiger partial charge >= 0.3 is 0 Å². The van der Waals surface area contributed by atoms with Gasteiger partial charge in [-0.05, 0) is 34.9 Å². The number of carbonyl (C=O) groups excluding carboxylic acids is 8. The van der Waals surface area contributed by atoms with Gasteiger partial charge in [0.25, 0.3) is 47.3 Å². The maximum absolute atomic E-state index is 13.0. The van der Waals surface area contributed by atoms with Gasteiger partial charge in [-0.2, -0.15) is 0 Å². The number of rotatable bonds is 6. The second-order valence-electron chi connectivity index (χ2n) is 8.88. The van der Waals surface area contributed by atoms with E-state index in [1.54, 1.807) is 24.3 Å². The van der Waals surface area contributed by atoms with E-state index in [0.717, 1.165) is 43.9 Å². The molecule has 12 nitrogen and oxygen atoms in total. The smallest absolute Gasteiger partial charge is 0.263 e. The lowest BCUT2D eigenvalue weighted by atomic mass is 10.1. The molecule has 0 saturated carbocycles. The van der Waals surface area contributed by atoms with Gasteiger partial charge < -0.3 is 0 Å². The summed E-state index contributed by atoms with van der Waals surface area (Å²) in [6, 6.07) is 9.39. The highest BCUT2D eigenvalue weighted by Crippen LogP contribution is 2.27. The molecule has 4 aliphatic heterocycles. The lowest BCUT2D eigenvalue weighted by Gasteiger charge is -2.20. The SMILES string of the molecule is O=C1C=CC(=O)N1CN1C(=O)c2ccc(Pc3ccc4c(c3)C(=O)N(CN3C(=O)C=CC3=O)C4=O)cc2C1=O. The minimum atomic E-state index is -0.639. The second kappa shape index (κ2) is 8.74. The Labute approximate surface area is 220 Å². The van der Waals surface area contributed by atoms with E-state index in [-0.39, 0.29) is 30.8 Å². The van der Waals surface area contributed by atoms with Crippen molar-refractivity contribution >= 4 is 66.4 Å². The van der Waals surface area contributed by atoms with Crippen molar-refractivity contribution in [1.29, 1.82) is 0 Å². The first-order valence-electron chi connectivity index (χ1n) is 11.5. The van der Waals surface area contributed by atoms with Gasteiger partial charge in [0.1, 0.15) is 13.3 Å². The van der Waals surface area contributed by atoms with E-state index in [2.05, 4.69) is 0 Å². The van der Waals surface area contributed by atoms with Crippen LogP contribution >= 0.6 is 8.58 Å². The molecule has 0 bridgehead atoms. The Hall–Kier alpha value is -5.09. The third-order valence-electron chi connectivity index (χ3n) is 6.60. The molecule has 39 heavy (non-hydrogen) atoms. The second-order valence-corrected chi connectivity index (χ2v) is 10.3. The van der Waals surface area contributed by atoms with Gasteiger partial charge in [-0.15, -0.1) is 0 Å². The molecule has 8 amide bonds. The minimum Gasteiger partial charge on any atom is -0.269 e. The van der Waals surface area contributed by atoms with Gasteiger partial charge in [0.05, 0.1) is 22.3 Å². The van der Waals surface area contributed by atoms with E-state index in [1.807, 2.05) is 0 Å². The van der Waals surface area contributed by atoms with Crippen molar-refractivity contribution in [3.63, 3.8) is 0 Å². The number of fused-ring (bicyclic) bond motifs is 2. The molecule has 0 saturated heterocycles. The molecule has 0 aliphatic carbocycles. The Morgan fingerprint density at radius 2 is 0.769 bits per heavy atom. The van der Waals surface area contributed by atoms with E-state index < -0.39 is 60.6 Å². The van der Waals surface area contributed by atoms with E-state index in [0.29, 0.717) is 10.6 Å². The van der Waals surface area contributed by atoms with E-state index in [9.17, 15) is 38.4 Å². The van der Waals surface area contributed by atoms with Gasteiger partial charge in [0, 0.05) is 24.3 Å². The number of hydrogen-bond donors (Lipinski definition) is 0. The summed E-state index contributed by atoms with van der Waals surface area (Å²) in [6.07, 6.45) is 4.26. The summed E-state index contributed by atoms with van der Waals surface area (Å²) < 4.78 is 0. The Morgan fingerprint density at radius 3 is 1.13 bits per heavy atom. The lowest BCUT2D eigenvalue weighted by Crippen LogP contribution is -2.43. The molecule has 0 atom stereocenters. The minimum absolute atomic E-state index is 0.0535. The third-order valence-corrected chi connectivity index (χ3v) is 7.80. The fourth-order valence-corrected chi connectivity index (χ4v) is 5.68. The molecule has 2 aromatic rings.